The van der Waals surface area contributed by atoms with E-state index >= 15 is 0 Å². The van der Waals surface area contributed by atoms with E-state index in [2.05, 4.69) is 11.9 Å². The summed E-state index contributed by atoms with van der Waals surface area (Å²) in [6.07, 6.45) is 2.09. The fraction of sp³-hybridized carbons (Fsp3) is 0.435. The summed E-state index contributed by atoms with van der Waals surface area (Å²) < 4.78 is 33.5. The first kappa shape index (κ1) is 19.8. The van der Waals surface area contributed by atoms with Gasteiger partial charge in [0.1, 0.15) is 17.8 Å². The maximum absolute atomic E-state index is 14.1. The largest absolute Gasteiger partial charge is 0.491 e. The van der Waals surface area contributed by atoms with Gasteiger partial charge in [-0.1, -0.05) is 25.6 Å². The Morgan fingerprint density at radius 1 is 1.10 bits per heavy atom. The van der Waals surface area contributed by atoms with E-state index in [-0.39, 0.29) is 25.7 Å². The molecule has 0 bridgehead atoms. The molecule has 154 valence electrons. The number of para-hydroxylation sites is 1. The molecule has 0 radical (unpaired) electrons. The molecule has 29 heavy (non-hydrogen) atoms. The molecule has 1 fully saturated rings. The number of benzene rings is 2. The molecule has 1 saturated heterocycles. The Labute approximate surface area is 170 Å². The van der Waals surface area contributed by atoms with Crippen LogP contribution >= 0.6 is 0 Å². The van der Waals surface area contributed by atoms with Crippen LogP contribution in [0.5, 0.6) is 5.75 Å². The van der Waals surface area contributed by atoms with Gasteiger partial charge in [-0.05, 0) is 56.6 Å². The summed E-state index contributed by atoms with van der Waals surface area (Å²) in [4.78, 5) is 17.8. The highest BCUT2D eigenvalue weighted by Crippen LogP contribution is 2.52. The lowest BCUT2D eigenvalue weighted by Gasteiger charge is -2.32. The number of fused-ring (bicyclic) bond motifs is 4. The topological polar surface area (TPSA) is 32.8 Å². The van der Waals surface area contributed by atoms with Crippen LogP contribution in [0.2, 0.25) is 0 Å². The van der Waals surface area contributed by atoms with Crippen LogP contribution in [0, 0.1) is 17.6 Å². The van der Waals surface area contributed by atoms with Crippen molar-refractivity contribution in [1.82, 2.24) is 4.90 Å². The third-order valence-electron chi connectivity index (χ3n) is 6.47. The van der Waals surface area contributed by atoms with Crippen molar-refractivity contribution in [2.75, 3.05) is 38.2 Å². The zero-order valence-electron chi connectivity index (χ0n) is 15.8. The minimum atomic E-state index is -1.09. The molecule has 1 spiro atoms. The molecular weight excluding hydrogens is 374 g/mol. The normalized spacial score (nSPS) is 23.7. The average Bonchev–Trinajstić information content (AvgIpc) is 3.17. The van der Waals surface area contributed by atoms with E-state index in [1.165, 1.54) is 0 Å². The minimum Gasteiger partial charge on any atom is -0.491 e. The van der Waals surface area contributed by atoms with Gasteiger partial charge in [-0.3, -0.25) is 4.79 Å². The lowest BCUT2D eigenvalue weighted by atomic mass is 9.77. The van der Waals surface area contributed by atoms with Gasteiger partial charge < -0.3 is 14.5 Å². The molecule has 2 aromatic carbocycles. The van der Waals surface area contributed by atoms with Gasteiger partial charge in [-0.25, -0.2) is 8.78 Å². The number of anilines is 1. The molecule has 6 heteroatoms. The first-order chi connectivity index (χ1) is 13.5. The van der Waals surface area contributed by atoms with Crippen LogP contribution < -0.4 is 9.64 Å². The molecular formula is C23H26F2N2O2. The lowest BCUT2D eigenvalue weighted by Crippen LogP contribution is -2.45. The number of amides is 1. The second-order valence-corrected chi connectivity index (χ2v) is 8.14. The van der Waals surface area contributed by atoms with Gasteiger partial charge in [0.2, 0.25) is 5.91 Å². The third-order valence-corrected chi connectivity index (χ3v) is 6.47. The zero-order chi connectivity index (χ0) is 19.5. The Morgan fingerprint density at radius 3 is 2.55 bits per heavy atom. The van der Waals surface area contributed by atoms with E-state index in [4.69, 9.17) is 4.74 Å². The molecule has 3 aliphatic heterocycles. The summed E-state index contributed by atoms with van der Waals surface area (Å²) in [7, 11) is 2.11. The Morgan fingerprint density at radius 2 is 1.79 bits per heavy atom. The summed E-state index contributed by atoms with van der Waals surface area (Å²) in [6.45, 7) is 2.77. The number of carbonyl (C=O) groups excluding carboxylic acids is 1. The van der Waals surface area contributed by atoms with Crippen LogP contribution in [0.1, 0.15) is 31.4 Å². The smallest absolute Gasteiger partial charge is 0.245 e. The summed E-state index contributed by atoms with van der Waals surface area (Å²) in [5.74, 6) is -1.34. The number of hydrogen-bond acceptors (Lipinski definition) is 3. The van der Waals surface area contributed by atoms with Crippen molar-refractivity contribution in [1.29, 1.82) is 0 Å². The summed E-state index contributed by atoms with van der Waals surface area (Å²) in [5, 5.41) is 0. The van der Waals surface area contributed by atoms with Gasteiger partial charge in [0, 0.05) is 23.9 Å². The number of rotatable bonds is 2. The Kier molecular flexibility index (Phi) is 4.85. The number of hydrogen-bond donors (Lipinski definition) is 0. The molecule has 1 amide bonds. The molecule has 0 aromatic heterocycles. The standard InChI is InChI=1S/C22H22F2N2O2.CH4/c1-25-8-6-14(7-9-25)12-26-19-5-3-2-4-15(19)22(21(26)27)13-28-20-11-18(24)17(23)10-16(20)22;/h2-5,10-11,14H,6-9,12-13H2,1H3;1H4. The molecule has 0 saturated carbocycles. The predicted octanol–water partition coefficient (Wildman–Crippen LogP) is 3.97. The molecule has 5 rings (SSSR count). The Balaban J connectivity index is 0.00000205. The van der Waals surface area contributed by atoms with Crippen molar-refractivity contribution < 1.29 is 18.3 Å². The van der Waals surface area contributed by atoms with Crippen LogP contribution in [0.3, 0.4) is 0 Å². The first-order valence-corrected chi connectivity index (χ1v) is 9.73. The minimum absolute atomic E-state index is 0. The summed E-state index contributed by atoms with van der Waals surface area (Å²) in [6, 6.07) is 9.82. The highest BCUT2D eigenvalue weighted by molar-refractivity contribution is 6.11. The fourth-order valence-corrected chi connectivity index (χ4v) is 4.85. The Bertz CT molecular complexity index is 956. The van der Waals surface area contributed by atoms with Crippen molar-refractivity contribution in [3.05, 3.63) is 59.2 Å². The first-order valence-electron chi connectivity index (χ1n) is 9.73. The summed E-state index contributed by atoms with van der Waals surface area (Å²) in [5.41, 5.74) is 1.01. The zero-order valence-corrected chi connectivity index (χ0v) is 15.8. The molecule has 1 unspecified atom stereocenters. The van der Waals surface area contributed by atoms with Crippen molar-refractivity contribution in [2.45, 2.75) is 25.7 Å². The molecule has 1 atom stereocenters. The monoisotopic (exact) mass is 400 g/mol. The number of piperidine rings is 1. The second-order valence-electron chi connectivity index (χ2n) is 8.14. The van der Waals surface area contributed by atoms with E-state index in [0.29, 0.717) is 18.0 Å². The highest BCUT2D eigenvalue weighted by atomic mass is 19.2. The van der Waals surface area contributed by atoms with Crippen molar-refractivity contribution >= 4 is 11.6 Å². The van der Waals surface area contributed by atoms with Gasteiger partial charge in [0.15, 0.2) is 11.6 Å². The van der Waals surface area contributed by atoms with Crippen LogP contribution in [0.25, 0.3) is 0 Å². The lowest BCUT2D eigenvalue weighted by molar-refractivity contribution is -0.122. The van der Waals surface area contributed by atoms with Crippen molar-refractivity contribution in [3.8, 4) is 5.75 Å². The van der Waals surface area contributed by atoms with Crippen LogP contribution in [0.15, 0.2) is 36.4 Å². The quantitative estimate of drug-likeness (QED) is 0.765. The van der Waals surface area contributed by atoms with E-state index in [1.807, 2.05) is 29.2 Å². The predicted molar refractivity (Wildman–Crippen MR) is 108 cm³/mol. The van der Waals surface area contributed by atoms with Gasteiger partial charge in [-0.15, -0.1) is 0 Å². The van der Waals surface area contributed by atoms with E-state index in [9.17, 15) is 13.6 Å². The van der Waals surface area contributed by atoms with Gasteiger partial charge in [-0.2, -0.15) is 0 Å². The van der Waals surface area contributed by atoms with E-state index in [1.54, 1.807) is 0 Å². The maximum Gasteiger partial charge on any atom is 0.245 e. The van der Waals surface area contributed by atoms with E-state index in [0.717, 1.165) is 49.3 Å². The number of carbonyl (C=O) groups is 1. The highest BCUT2D eigenvalue weighted by Gasteiger charge is 2.57. The number of nitrogens with zero attached hydrogens (tertiary/aromatic N) is 2. The number of likely N-dealkylation sites (tertiary alicyclic amines) is 1. The average molecular weight is 400 g/mol. The second kappa shape index (κ2) is 7.10. The molecule has 0 aliphatic carbocycles. The van der Waals surface area contributed by atoms with Gasteiger partial charge >= 0.3 is 0 Å². The van der Waals surface area contributed by atoms with Crippen molar-refractivity contribution in [2.24, 2.45) is 5.92 Å². The van der Waals surface area contributed by atoms with E-state index < -0.39 is 17.0 Å². The molecule has 2 aromatic rings. The summed E-state index contributed by atoms with van der Waals surface area (Å²) >= 11 is 0. The maximum atomic E-state index is 14.1. The number of halogens is 2. The van der Waals surface area contributed by atoms with Gasteiger partial charge in [0.25, 0.3) is 0 Å². The van der Waals surface area contributed by atoms with Crippen LogP contribution in [-0.4, -0.2) is 44.1 Å². The van der Waals surface area contributed by atoms with Gasteiger partial charge in [0.05, 0.1) is 0 Å². The molecule has 0 N–H and O–H groups in total. The number of ether oxygens (including phenoxy) is 1. The van der Waals surface area contributed by atoms with Crippen LogP contribution in [0.4, 0.5) is 14.5 Å². The fourth-order valence-electron chi connectivity index (χ4n) is 4.85. The molecule has 3 aliphatic rings. The SMILES string of the molecule is C.CN1CCC(CN2C(=O)C3(COc4cc(F)c(F)cc43)c3ccccc32)CC1. The Hall–Kier alpha value is -2.47. The van der Waals surface area contributed by atoms with Crippen LogP contribution in [-0.2, 0) is 10.2 Å². The third kappa shape index (κ3) is 2.84. The molecule has 4 nitrogen and oxygen atoms in total. The van der Waals surface area contributed by atoms with Crippen molar-refractivity contribution in [3.63, 3.8) is 0 Å². The molecule has 3 heterocycles.